The van der Waals surface area contributed by atoms with Crippen molar-refractivity contribution in [1.29, 1.82) is 0 Å². The van der Waals surface area contributed by atoms with Crippen molar-refractivity contribution in [1.82, 2.24) is 0 Å². The van der Waals surface area contributed by atoms with Crippen molar-refractivity contribution in [2.45, 2.75) is 98.1 Å². The first-order valence-corrected chi connectivity index (χ1v) is 16.3. The lowest BCUT2D eigenvalue weighted by Crippen LogP contribution is -2.38. The molecule has 0 aliphatic carbocycles. The van der Waals surface area contributed by atoms with Crippen molar-refractivity contribution in [2.75, 3.05) is 0 Å². The summed E-state index contributed by atoms with van der Waals surface area (Å²) >= 11 is 0. The number of aliphatic hydroxyl groups excluding tert-OH is 2. The molecule has 41 heavy (non-hydrogen) atoms. The van der Waals surface area contributed by atoms with E-state index in [0.717, 1.165) is 12.8 Å². The molecule has 0 aromatic heterocycles. The number of phosphoric acid groups is 1. The Morgan fingerprint density at radius 2 is 1.68 bits per heavy atom. The molecule has 1 heterocycles. The fourth-order valence-electron chi connectivity index (χ4n) is 5.45. The standard InChI is InChI=1S/C32H53O8P/c1-8-9-12-26(6)32-27(7)30(40-41(36,37)38)18-16-23(3)20-24(4)19-22(2)15-17-28(33)21-29(34)25(5)13-10-11-14-31(35)39-32/h8-15,17,22-30,32-34H,1,16,18-21H2,2-7H3,(H2,36,37,38). The van der Waals surface area contributed by atoms with E-state index in [1.165, 1.54) is 12.2 Å². The minimum absolute atomic E-state index is 0.209. The Labute approximate surface area is 247 Å². The quantitative estimate of drug-likeness (QED) is 0.126. The van der Waals surface area contributed by atoms with Gasteiger partial charge in [0.25, 0.3) is 0 Å². The minimum Gasteiger partial charge on any atom is -0.458 e. The first-order valence-electron chi connectivity index (χ1n) is 14.8. The zero-order chi connectivity index (χ0) is 31.2. The Kier molecular flexibility index (Phi) is 17.0. The first kappa shape index (κ1) is 37.2. The van der Waals surface area contributed by atoms with Crippen LogP contribution in [0.3, 0.4) is 0 Å². The maximum Gasteiger partial charge on any atom is 0.469 e. The third kappa shape index (κ3) is 15.8. The van der Waals surface area contributed by atoms with E-state index in [4.69, 9.17) is 9.26 Å². The van der Waals surface area contributed by atoms with Crippen LogP contribution in [0, 0.1) is 35.5 Å². The molecule has 0 amide bonds. The lowest BCUT2D eigenvalue weighted by molar-refractivity contribution is -0.150. The summed E-state index contributed by atoms with van der Waals surface area (Å²) in [5.74, 6) is -0.753. The number of hydrogen-bond acceptors (Lipinski definition) is 6. The van der Waals surface area contributed by atoms with Gasteiger partial charge in [0.2, 0.25) is 0 Å². The summed E-state index contributed by atoms with van der Waals surface area (Å²) in [6.07, 6.45) is 15.2. The lowest BCUT2D eigenvalue weighted by atomic mass is 9.83. The molecule has 0 fully saturated rings. The number of aliphatic hydroxyl groups is 2. The molecule has 0 bridgehead atoms. The monoisotopic (exact) mass is 596 g/mol. The molecule has 0 aromatic rings. The minimum atomic E-state index is -4.80. The third-order valence-corrected chi connectivity index (χ3v) is 8.28. The number of ether oxygens (including phenoxy) is 1. The van der Waals surface area contributed by atoms with Crippen LogP contribution in [0.1, 0.15) is 73.6 Å². The maximum atomic E-state index is 12.8. The molecule has 9 heteroatoms. The number of rotatable bonds is 5. The molecule has 0 aromatic carbocycles. The van der Waals surface area contributed by atoms with E-state index in [2.05, 4.69) is 27.4 Å². The molecule has 0 radical (unpaired) electrons. The van der Waals surface area contributed by atoms with Crippen molar-refractivity contribution in [3.63, 3.8) is 0 Å². The smallest absolute Gasteiger partial charge is 0.458 e. The summed E-state index contributed by atoms with van der Waals surface area (Å²) in [6, 6.07) is 0. The third-order valence-electron chi connectivity index (χ3n) is 7.73. The molecule has 10 unspecified atom stereocenters. The Balaban J connectivity index is 3.33. The largest absolute Gasteiger partial charge is 0.469 e. The van der Waals surface area contributed by atoms with Crippen LogP contribution in [-0.4, -0.2) is 50.4 Å². The van der Waals surface area contributed by atoms with Gasteiger partial charge in [-0.1, -0.05) is 96.7 Å². The van der Waals surface area contributed by atoms with E-state index < -0.39 is 44.1 Å². The summed E-state index contributed by atoms with van der Waals surface area (Å²) in [6.45, 7) is 15.6. The average molecular weight is 597 g/mol. The predicted molar refractivity (Wildman–Crippen MR) is 164 cm³/mol. The van der Waals surface area contributed by atoms with E-state index >= 15 is 0 Å². The van der Waals surface area contributed by atoms with Crippen LogP contribution in [0.15, 0.2) is 61.3 Å². The molecule has 0 saturated heterocycles. The zero-order valence-corrected chi connectivity index (χ0v) is 26.5. The number of phosphoric ester groups is 1. The highest BCUT2D eigenvalue weighted by atomic mass is 31.2. The van der Waals surface area contributed by atoms with Gasteiger partial charge in [-0.05, 0) is 43.4 Å². The Hall–Kier alpha value is -1.80. The molecule has 1 rings (SSSR count). The van der Waals surface area contributed by atoms with Gasteiger partial charge in [-0.25, -0.2) is 9.36 Å². The van der Waals surface area contributed by atoms with Crippen molar-refractivity contribution in [3.05, 3.63) is 61.3 Å². The molecule has 10 atom stereocenters. The van der Waals surface area contributed by atoms with Crippen LogP contribution in [0.4, 0.5) is 0 Å². The van der Waals surface area contributed by atoms with Gasteiger partial charge in [0.05, 0.1) is 18.3 Å². The molecular weight excluding hydrogens is 543 g/mol. The number of hydrogen-bond donors (Lipinski definition) is 4. The first-order chi connectivity index (χ1) is 19.1. The summed E-state index contributed by atoms with van der Waals surface area (Å²) < 4.78 is 23.0. The van der Waals surface area contributed by atoms with E-state index in [-0.39, 0.29) is 30.1 Å². The maximum absolute atomic E-state index is 12.8. The van der Waals surface area contributed by atoms with Crippen LogP contribution in [0.25, 0.3) is 0 Å². The van der Waals surface area contributed by atoms with Crippen molar-refractivity contribution < 1.29 is 38.6 Å². The fraction of sp³-hybridized carbons (Fsp3) is 0.656. The average Bonchev–Trinajstić information content (AvgIpc) is 2.87. The SMILES string of the molecule is C=CC=CC(C)C1OC(=O)C=CC=CC(C)C(O)CC(O)C=CC(C)CC(C)CC(C)CCC(OP(=O)(O)O)C1C. The number of carbonyl (C=O) groups excluding carboxylic acids is 1. The van der Waals surface area contributed by atoms with E-state index in [9.17, 15) is 29.4 Å². The van der Waals surface area contributed by atoms with Gasteiger partial charge in [-0.2, -0.15) is 0 Å². The zero-order valence-electron chi connectivity index (χ0n) is 25.6. The van der Waals surface area contributed by atoms with Crippen molar-refractivity contribution in [3.8, 4) is 0 Å². The van der Waals surface area contributed by atoms with Crippen LogP contribution in [-0.2, 0) is 18.6 Å². The Bertz CT molecular complexity index is 951. The normalized spacial score (nSPS) is 34.9. The van der Waals surface area contributed by atoms with Gasteiger partial charge < -0.3 is 24.7 Å². The second kappa shape index (κ2) is 18.7. The van der Waals surface area contributed by atoms with Gasteiger partial charge in [-0.15, -0.1) is 0 Å². The second-order valence-electron chi connectivity index (χ2n) is 12.0. The number of esters is 1. The van der Waals surface area contributed by atoms with Gasteiger partial charge >= 0.3 is 13.8 Å². The fourth-order valence-corrected chi connectivity index (χ4v) is 6.10. The molecule has 0 saturated carbocycles. The van der Waals surface area contributed by atoms with Gasteiger partial charge in [-0.3, -0.25) is 4.52 Å². The highest BCUT2D eigenvalue weighted by molar-refractivity contribution is 7.46. The number of cyclic esters (lactones) is 1. The van der Waals surface area contributed by atoms with E-state index in [1.54, 1.807) is 37.3 Å². The molecule has 1 aliphatic heterocycles. The van der Waals surface area contributed by atoms with Crippen molar-refractivity contribution in [2.24, 2.45) is 35.5 Å². The van der Waals surface area contributed by atoms with Gasteiger partial charge in [0.15, 0.2) is 0 Å². The molecule has 4 N–H and O–H groups in total. The second-order valence-corrected chi connectivity index (χ2v) is 13.2. The van der Waals surface area contributed by atoms with Crippen LogP contribution in [0.2, 0.25) is 0 Å². The summed E-state index contributed by atoms with van der Waals surface area (Å²) in [7, 11) is -4.80. The molecule has 1 aliphatic rings. The molecule has 0 spiro atoms. The molecule has 8 nitrogen and oxygen atoms in total. The Morgan fingerprint density at radius 3 is 2.32 bits per heavy atom. The van der Waals surface area contributed by atoms with Crippen LogP contribution in [0.5, 0.6) is 0 Å². The Morgan fingerprint density at radius 1 is 1.00 bits per heavy atom. The van der Waals surface area contributed by atoms with Crippen LogP contribution < -0.4 is 0 Å². The van der Waals surface area contributed by atoms with Crippen LogP contribution >= 0.6 is 7.82 Å². The van der Waals surface area contributed by atoms with E-state index in [1.807, 2.05) is 26.0 Å². The van der Waals surface area contributed by atoms with Crippen molar-refractivity contribution >= 4 is 13.8 Å². The summed E-state index contributed by atoms with van der Waals surface area (Å²) in [5, 5.41) is 20.9. The summed E-state index contributed by atoms with van der Waals surface area (Å²) in [4.78, 5) is 32.2. The summed E-state index contributed by atoms with van der Waals surface area (Å²) in [5.41, 5.74) is 0. The predicted octanol–water partition coefficient (Wildman–Crippen LogP) is 6.29. The topological polar surface area (TPSA) is 134 Å². The lowest BCUT2D eigenvalue weighted by Gasteiger charge is -2.33. The number of carbonyl (C=O) groups is 1. The van der Waals surface area contributed by atoms with Gasteiger partial charge in [0.1, 0.15) is 6.10 Å². The highest BCUT2D eigenvalue weighted by Gasteiger charge is 2.36. The number of allylic oxidation sites excluding steroid dienone is 5. The highest BCUT2D eigenvalue weighted by Crippen LogP contribution is 2.42. The van der Waals surface area contributed by atoms with Gasteiger partial charge in [0, 0.05) is 30.3 Å². The molecule has 234 valence electrons. The molecular formula is C32H53O8P. The van der Waals surface area contributed by atoms with E-state index in [0.29, 0.717) is 18.8 Å².